The first kappa shape index (κ1) is 23.3. The molecule has 1 saturated heterocycles. The number of carbonyl (C=O) groups is 4. The largest absolute Gasteiger partial charge is 0.409 e. The van der Waals surface area contributed by atoms with Crippen LogP contribution in [0.2, 0.25) is 0 Å². The fourth-order valence-electron chi connectivity index (χ4n) is 4.13. The minimum absolute atomic E-state index is 0.0225. The number of halogens is 3. The second-order valence-corrected chi connectivity index (χ2v) is 8.40. The van der Waals surface area contributed by atoms with E-state index in [9.17, 15) is 32.3 Å². The molecule has 0 bridgehead atoms. The van der Waals surface area contributed by atoms with E-state index in [0.717, 1.165) is 5.56 Å². The summed E-state index contributed by atoms with van der Waals surface area (Å²) in [5.41, 5.74) is -0.238. The molecule has 2 aliphatic heterocycles. The highest BCUT2D eigenvalue weighted by Crippen LogP contribution is 2.38. The van der Waals surface area contributed by atoms with Crippen LogP contribution in [-0.2, 0) is 19.9 Å². The summed E-state index contributed by atoms with van der Waals surface area (Å²) in [7, 11) is 0. The van der Waals surface area contributed by atoms with Crippen LogP contribution in [0.5, 0.6) is 0 Å². The standard InChI is InChI=1S/C23H21F3N4O4/c1-13-7-9-14(10-8-13)22(2)20(33)29(21(34)28-22)12-19(32)30-16-6-4-3-5-15(16)27-18(31)11-17(30)23(24,25)26/h3-10,17H,11-12H2,1-2H3,(H,27,31)(H,28,34)/t17-,22+/m0/s1. The fraction of sp³-hybridized carbons (Fsp3) is 0.304. The van der Waals surface area contributed by atoms with Crippen molar-refractivity contribution in [3.8, 4) is 0 Å². The Kier molecular flexibility index (Phi) is 5.58. The van der Waals surface area contributed by atoms with Crippen molar-refractivity contribution in [3.05, 3.63) is 59.7 Å². The molecule has 2 aromatic carbocycles. The van der Waals surface area contributed by atoms with Crippen molar-refractivity contribution in [1.29, 1.82) is 0 Å². The van der Waals surface area contributed by atoms with Gasteiger partial charge in [0.25, 0.3) is 5.91 Å². The van der Waals surface area contributed by atoms with Gasteiger partial charge in [0.05, 0.1) is 17.8 Å². The van der Waals surface area contributed by atoms with Crippen molar-refractivity contribution >= 4 is 35.1 Å². The number of anilines is 2. The minimum Gasteiger partial charge on any atom is -0.324 e. The van der Waals surface area contributed by atoms with Crippen molar-refractivity contribution in [2.75, 3.05) is 16.8 Å². The van der Waals surface area contributed by atoms with E-state index >= 15 is 0 Å². The molecule has 2 atom stereocenters. The van der Waals surface area contributed by atoms with Gasteiger partial charge in [-0.05, 0) is 31.5 Å². The number of fused-ring (bicyclic) bond motifs is 1. The lowest BCUT2D eigenvalue weighted by Gasteiger charge is -2.32. The first-order chi connectivity index (χ1) is 15.9. The van der Waals surface area contributed by atoms with Gasteiger partial charge in [-0.3, -0.25) is 24.2 Å². The highest BCUT2D eigenvalue weighted by molar-refractivity contribution is 6.12. The zero-order valence-corrected chi connectivity index (χ0v) is 18.3. The number of carbonyl (C=O) groups excluding carboxylic acids is 4. The van der Waals surface area contributed by atoms with Crippen molar-refractivity contribution in [1.82, 2.24) is 10.2 Å². The summed E-state index contributed by atoms with van der Waals surface area (Å²) < 4.78 is 41.7. The molecule has 2 heterocycles. The number of para-hydroxylation sites is 2. The molecule has 0 aliphatic carbocycles. The van der Waals surface area contributed by atoms with Crippen molar-refractivity contribution in [2.24, 2.45) is 0 Å². The average molecular weight is 474 g/mol. The Bertz CT molecular complexity index is 1180. The number of nitrogens with one attached hydrogen (secondary N) is 2. The van der Waals surface area contributed by atoms with Crippen LogP contribution in [0.15, 0.2) is 48.5 Å². The first-order valence-corrected chi connectivity index (χ1v) is 10.4. The Balaban J connectivity index is 1.68. The molecule has 0 radical (unpaired) electrons. The predicted molar refractivity (Wildman–Crippen MR) is 116 cm³/mol. The maximum Gasteiger partial charge on any atom is 0.409 e. The summed E-state index contributed by atoms with van der Waals surface area (Å²) in [6.07, 6.45) is -5.96. The fourth-order valence-corrected chi connectivity index (χ4v) is 4.13. The molecule has 5 amide bonds. The monoisotopic (exact) mass is 474 g/mol. The summed E-state index contributed by atoms with van der Waals surface area (Å²) in [5, 5.41) is 4.90. The molecule has 0 aromatic heterocycles. The number of imide groups is 1. The minimum atomic E-state index is -4.93. The third-order valence-electron chi connectivity index (χ3n) is 5.97. The molecule has 4 rings (SSSR count). The summed E-state index contributed by atoms with van der Waals surface area (Å²) >= 11 is 0. The molecule has 0 unspecified atom stereocenters. The van der Waals surface area contributed by atoms with Crippen LogP contribution < -0.4 is 15.5 Å². The molecule has 0 saturated carbocycles. The Morgan fingerprint density at radius 2 is 1.74 bits per heavy atom. The number of hydrogen-bond acceptors (Lipinski definition) is 4. The van der Waals surface area contributed by atoms with Crippen LogP contribution in [0.1, 0.15) is 24.5 Å². The van der Waals surface area contributed by atoms with E-state index in [1.165, 1.54) is 31.2 Å². The van der Waals surface area contributed by atoms with Crippen molar-refractivity contribution in [3.63, 3.8) is 0 Å². The highest BCUT2D eigenvalue weighted by Gasteiger charge is 2.52. The molecular formula is C23H21F3N4O4. The number of amides is 5. The molecule has 178 valence electrons. The summed E-state index contributed by atoms with van der Waals surface area (Å²) in [5.74, 6) is -2.83. The van der Waals surface area contributed by atoms with E-state index in [1.54, 1.807) is 24.3 Å². The SMILES string of the molecule is Cc1ccc([C@@]2(C)NC(=O)N(CC(=O)N3c4ccccc4NC(=O)C[C@H]3C(F)(F)F)C2=O)cc1. The van der Waals surface area contributed by atoms with Gasteiger partial charge in [-0.25, -0.2) is 4.79 Å². The lowest BCUT2D eigenvalue weighted by atomic mass is 9.91. The van der Waals surface area contributed by atoms with Crippen LogP contribution >= 0.6 is 0 Å². The van der Waals surface area contributed by atoms with E-state index in [1.807, 2.05) is 6.92 Å². The van der Waals surface area contributed by atoms with E-state index < -0.39 is 54.5 Å². The van der Waals surface area contributed by atoms with Gasteiger partial charge < -0.3 is 10.6 Å². The Morgan fingerprint density at radius 1 is 1.09 bits per heavy atom. The van der Waals surface area contributed by atoms with E-state index in [4.69, 9.17) is 0 Å². The molecule has 34 heavy (non-hydrogen) atoms. The Labute approximate surface area is 192 Å². The van der Waals surface area contributed by atoms with Crippen LogP contribution in [0.25, 0.3) is 0 Å². The van der Waals surface area contributed by atoms with E-state index in [2.05, 4.69) is 10.6 Å². The number of nitrogens with zero attached hydrogens (tertiary/aromatic N) is 2. The number of urea groups is 1. The second-order valence-electron chi connectivity index (χ2n) is 8.40. The van der Waals surface area contributed by atoms with E-state index in [-0.39, 0.29) is 11.4 Å². The van der Waals surface area contributed by atoms with Crippen molar-refractivity contribution in [2.45, 2.75) is 38.0 Å². The number of alkyl halides is 3. The molecule has 2 aliphatic rings. The third-order valence-corrected chi connectivity index (χ3v) is 5.97. The lowest BCUT2D eigenvalue weighted by Crippen LogP contribution is -2.53. The molecule has 2 aromatic rings. The summed E-state index contributed by atoms with van der Waals surface area (Å²) in [6, 6.07) is 9.00. The molecule has 2 N–H and O–H groups in total. The van der Waals surface area contributed by atoms with Crippen molar-refractivity contribution < 1.29 is 32.3 Å². The molecule has 11 heteroatoms. The number of benzene rings is 2. The zero-order valence-electron chi connectivity index (χ0n) is 18.3. The van der Waals surface area contributed by atoms with Gasteiger partial charge in [-0.15, -0.1) is 0 Å². The van der Waals surface area contributed by atoms with Gasteiger partial charge in [-0.1, -0.05) is 42.0 Å². The maximum atomic E-state index is 13.9. The van der Waals surface area contributed by atoms with Gasteiger partial charge in [0, 0.05) is 0 Å². The highest BCUT2D eigenvalue weighted by atomic mass is 19.4. The molecular weight excluding hydrogens is 453 g/mol. The predicted octanol–water partition coefficient (Wildman–Crippen LogP) is 3.07. The van der Waals surface area contributed by atoms with Gasteiger partial charge >= 0.3 is 12.2 Å². The first-order valence-electron chi connectivity index (χ1n) is 10.4. The summed E-state index contributed by atoms with van der Waals surface area (Å²) in [4.78, 5) is 52.2. The lowest BCUT2D eigenvalue weighted by molar-refractivity contribution is -0.158. The quantitative estimate of drug-likeness (QED) is 0.668. The Hall–Kier alpha value is -3.89. The molecule has 1 fully saturated rings. The topological polar surface area (TPSA) is 98.8 Å². The van der Waals surface area contributed by atoms with Crippen LogP contribution in [0.4, 0.5) is 29.3 Å². The summed E-state index contributed by atoms with van der Waals surface area (Å²) in [6.45, 7) is 2.38. The van der Waals surface area contributed by atoms with Gasteiger partial charge in [0.2, 0.25) is 11.8 Å². The maximum absolute atomic E-state index is 13.9. The average Bonchev–Trinajstić information content (AvgIpc) is 2.89. The smallest absolute Gasteiger partial charge is 0.324 e. The normalized spacial score (nSPS) is 22.7. The molecule has 8 nitrogen and oxygen atoms in total. The van der Waals surface area contributed by atoms with Crippen LogP contribution in [0.3, 0.4) is 0 Å². The van der Waals surface area contributed by atoms with E-state index in [0.29, 0.717) is 15.4 Å². The van der Waals surface area contributed by atoms with Gasteiger partial charge in [0.1, 0.15) is 18.1 Å². The number of rotatable bonds is 3. The third kappa shape index (κ3) is 3.97. The van der Waals surface area contributed by atoms with Crippen LogP contribution in [-0.4, -0.2) is 47.4 Å². The zero-order chi connectivity index (χ0) is 24.8. The Morgan fingerprint density at radius 3 is 2.38 bits per heavy atom. The molecule has 0 spiro atoms. The van der Waals surface area contributed by atoms with Gasteiger partial charge in [-0.2, -0.15) is 13.2 Å². The van der Waals surface area contributed by atoms with Crippen LogP contribution in [0, 0.1) is 6.92 Å². The second kappa shape index (κ2) is 8.15. The van der Waals surface area contributed by atoms with Gasteiger partial charge in [0.15, 0.2) is 0 Å². The number of hydrogen-bond donors (Lipinski definition) is 2. The number of aryl methyl sites for hydroxylation is 1.